The van der Waals surface area contributed by atoms with Crippen LogP contribution in [0.1, 0.15) is 48.9 Å². The third kappa shape index (κ3) is 3.57. The fraction of sp³-hybridized carbons (Fsp3) is 0.429. The summed E-state index contributed by atoms with van der Waals surface area (Å²) in [5.74, 6) is 0.859. The maximum absolute atomic E-state index is 10.1. The summed E-state index contributed by atoms with van der Waals surface area (Å²) in [5.41, 5.74) is 4.35. The molecule has 1 N–H and O–H groups in total. The van der Waals surface area contributed by atoms with Gasteiger partial charge in [0, 0.05) is 17.7 Å². The summed E-state index contributed by atoms with van der Waals surface area (Å²) in [4.78, 5) is 0. The van der Waals surface area contributed by atoms with E-state index in [1.807, 2.05) is 32.1 Å². The lowest BCUT2D eigenvalue weighted by Crippen LogP contribution is -2.20. The third-order valence-electron chi connectivity index (χ3n) is 4.99. The molecule has 2 aliphatic carbocycles. The molecule has 27 heavy (non-hydrogen) atoms. The van der Waals surface area contributed by atoms with Crippen LogP contribution in [-0.2, 0) is 15.9 Å². The van der Waals surface area contributed by atoms with Crippen molar-refractivity contribution in [2.24, 2.45) is 0 Å². The molecule has 142 valence electrons. The van der Waals surface area contributed by atoms with Gasteiger partial charge in [-0.2, -0.15) is 0 Å². The van der Waals surface area contributed by atoms with Gasteiger partial charge in [-0.05, 0) is 50.3 Å². The van der Waals surface area contributed by atoms with Gasteiger partial charge in [-0.3, -0.25) is 0 Å². The van der Waals surface area contributed by atoms with Gasteiger partial charge >= 0.3 is 0 Å². The SMILES string of the molecule is CCOC1=CC(c2nnc(-c3cccc4c3CCC4O)s2)=CCC1OCC. The fourth-order valence-electron chi connectivity index (χ4n) is 3.74. The first-order valence-electron chi connectivity index (χ1n) is 9.51. The zero-order valence-corrected chi connectivity index (χ0v) is 16.5. The van der Waals surface area contributed by atoms with Crippen LogP contribution in [0.3, 0.4) is 0 Å². The fourth-order valence-corrected chi connectivity index (χ4v) is 4.65. The second kappa shape index (κ2) is 7.92. The lowest BCUT2D eigenvalue weighted by molar-refractivity contribution is 0.0395. The Bertz CT molecular complexity index is 887. The topological polar surface area (TPSA) is 64.5 Å². The number of rotatable bonds is 6. The van der Waals surface area contributed by atoms with Crippen molar-refractivity contribution >= 4 is 16.9 Å². The number of hydrogen-bond donors (Lipinski definition) is 1. The third-order valence-corrected chi connectivity index (χ3v) is 5.99. The highest BCUT2D eigenvalue weighted by Gasteiger charge is 2.25. The quantitative estimate of drug-likeness (QED) is 0.804. The average Bonchev–Trinajstić information content (AvgIpc) is 3.31. The molecule has 2 aromatic rings. The highest BCUT2D eigenvalue weighted by Crippen LogP contribution is 2.39. The van der Waals surface area contributed by atoms with E-state index in [-0.39, 0.29) is 12.2 Å². The number of hydrogen-bond acceptors (Lipinski definition) is 6. The van der Waals surface area contributed by atoms with E-state index in [4.69, 9.17) is 9.47 Å². The van der Waals surface area contributed by atoms with E-state index < -0.39 is 0 Å². The van der Waals surface area contributed by atoms with Crippen molar-refractivity contribution in [3.63, 3.8) is 0 Å². The smallest absolute Gasteiger partial charge is 0.148 e. The Balaban J connectivity index is 1.62. The van der Waals surface area contributed by atoms with Crippen molar-refractivity contribution in [3.8, 4) is 10.6 Å². The summed E-state index contributed by atoms with van der Waals surface area (Å²) in [7, 11) is 0. The molecule has 0 aliphatic heterocycles. The molecule has 2 aliphatic rings. The molecule has 0 spiro atoms. The second-order valence-corrected chi connectivity index (χ2v) is 7.64. The van der Waals surface area contributed by atoms with Crippen molar-refractivity contribution in [2.45, 2.75) is 45.3 Å². The molecule has 0 saturated heterocycles. The molecule has 0 saturated carbocycles. The lowest BCUT2D eigenvalue weighted by Gasteiger charge is -2.22. The van der Waals surface area contributed by atoms with Crippen LogP contribution in [-0.4, -0.2) is 34.6 Å². The molecule has 0 bridgehead atoms. The Morgan fingerprint density at radius 1 is 1.19 bits per heavy atom. The molecule has 0 fully saturated rings. The zero-order valence-electron chi connectivity index (χ0n) is 15.6. The first-order chi connectivity index (χ1) is 13.2. The monoisotopic (exact) mass is 384 g/mol. The Hall–Kier alpha value is -2.02. The Morgan fingerprint density at radius 3 is 2.85 bits per heavy atom. The van der Waals surface area contributed by atoms with Crippen LogP contribution >= 0.6 is 11.3 Å². The molecule has 4 rings (SSSR count). The summed E-state index contributed by atoms with van der Waals surface area (Å²) in [6.07, 6.45) is 6.22. The molecule has 0 amide bonds. The summed E-state index contributed by atoms with van der Waals surface area (Å²) in [6, 6.07) is 6.07. The number of benzene rings is 1. The van der Waals surface area contributed by atoms with Gasteiger partial charge in [0.05, 0.1) is 12.7 Å². The van der Waals surface area contributed by atoms with Crippen molar-refractivity contribution in [1.82, 2.24) is 10.2 Å². The maximum Gasteiger partial charge on any atom is 0.148 e. The molecular formula is C21H24N2O3S. The molecule has 5 nitrogen and oxygen atoms in total. The van der Waals surface area contributed by atoms with Crippen molar-refractivity contribution in [1.29, 1.82) is 0 Å². The number of ether oxygens (including phenoxy) is 2. The van der Waals surface area contributed by atoms with Crippen molar-refractivity contribution < 1.29 is 14.6 Å². The molecule has 2 atom stereocenters. The lowest BCUT2D eigenvalue weighted by atomic mass is 10.0. The van der Waals surface area contributed by atoms with Crippen LogP contribution in [0.2, 0.25) is 0 Å². The van der Waals surface area contributed by atoms with E-state index in [1.165, 1.54) is 5.56 Å². The number of aliphatic hydroxyl groups excluding tert-OH is 1. The van der Waals surface area contributed by atoms with Gasteiger partial charge in [0.2, 0.25) is 0 Å². The predicted molar refractivity (Wildman–Crippen MR) is 106 cm³/mol. The zero-order chi connectivity index (χ0) is 18.8. The van der Waals surface area contributed by atoms with E-state index in [1.54, 1.807) is 11.3 Å². The molecule has 1 heterocycles. The van der Waals surface area contributed by atoms with Crippen LogP contribution in [0.15, 0.2) is 36.1 Å². The minimum atomic E-state index is -0.361. The summed E-state index contributed by atoms with van der Waals surface area (Å²) in [6.45, 7) is 5.25. The molecule has 1 aromatic heterocycles. The largest absolute Gasteiger partial charge is 0.495 e. The van der Waals surface area contributed by atoms with Crippen molar-refractivity contribution in [3.05, 3.63) is 52.2 Å². The Kier molecular flexibility index (Phi) is 5.38. The normalized spacial score (nSPS) is 21.6. The minimum Gasteiger partial charge on any atom is -0.495 e. The van der Waals surface area contributed by atoms with E-state index in [0.29, 0.717) is 13.2 Å². The van der Waals surface area contributed by atoms with Crippen LogP contribution < -0.4 is 0 Å². The number of fused-ring (bicyclic) bond motifs is 1. The summed E-state index contributed by atoms with van der Waals surface area (Å²) in [5, 5.41) is 20.8. The number of nitrogens with zero attached hydrogens (tertiary/aromatic N) is 2. The molecule has 6 heteroatoms. The predicted octanol–water partition coefficient (Wildman–Crippen LogP) is 4.30. The highest BCUT2D eigenvalue weighted by atomic mass is 32.1. The standard InChI is InChI=1S/C21H24N2O3S/c1-3-25-18-11-8-13(12-19(18)26-4-2)20-22-23-21(27-20)16-7-5-6-15-14(16)9-10-17(15)24/h5-8,12,17-18,24H,3-4,9-11H2,1-2H3. The van der Waals surface area contributed by atoms with Gasteiger partial charge in [0.25, 0.3) is 0 Å². The Labute approximate surface area is 163 Å². The first kappa shape index (κ1) is 18.3. The van der Waals surface area contributed by atoms with E-state index in [0.717, 1.165) is 51.7 Å². The van der Waals surface area contributed by atoms with Gasteiger partial charge in [0.15, 0.2) is 0 Å². The van der Waals surface area contributed by atoms with Crippen LogP contribution in [0.25, 0.3) is 16.1 Å². The first-order valence-corrected chi connectivity index (χ1v) is 10.3. The van der Waals surface area contributed by atoms with E-state index >= 15 is 0 Å². The minimum absolute atomic E-state index is 0.0232. The van der Waals surface area contributed by atoms with Crippen LogP contribution in [0, 0.1) is 0 Å². The van der Waals surface area contributed by atoms with Gasteiger partial charge in [-0.25, -0.2) is 0 Å². The van der Waals surface area contributed by atoms with Gasteiger partial charge in [0.1, 0.15) is 21.9 Å². The molecular weight excluding hydrogens is 360 g/mol. The number of aliphatic hydroxyl groups is 1. The summed E-state index contributed by atoms with van der Waals surface area (Å²) >= 11 is 1.58. The Morgan fingerprint density at radius 2 is 2.04 bits per heavy atom. The van der Waals surface area contributed by atoms with Crippen LogP contribution in [0.5, 0.6) is 0 Å². The maximum atomic E-state index is 10.1. The number of allylic oxidation sites excluding steroid dienone is 2. The van der Waals surface area contributed by atoms with Gasteiger partial charge < -0.3 is 14.6 Å². The van der Waals surface area contributed by atoms with Gasteiger partial charge in [-0.1, -0.05) is 35.6 Å². The van der Waals surface area contributed by atoms with Crippen molar-refractivity contribution in [2.75, 3.05) is 13.2 Å². The summed E-state index contributed by atoms with van der Waals surface area (Å²) < 4.78 is 11.6. The average molecular weight is 385 g/mol. The molecule has 0 radical (unpaired) electrons. The van der Waals surface area contributed by atoms with Crippen LogP contribution in [0.4, 0.5) is 0 Å². The van der Waals surface area contributed by atoms with E-state index in [2.05, 4.69) is 22.3 Å². The molecule has 2 unspecified atom stereocenters. The molecule has 1 aromatic carbocycles. The second-order valence-electron chi connectivity index (χ2n) is 6.66. The number of aromatic nitrogens is 2. The van der Waals surface area contributed by atoms with Gasteiger partial charge in [-0.15, -0.1) is 10.2 Å². The van der Waals surface area contributed by atoms with E-state index in [9.17, 15) is 5.11 Å². The highest BCUT2D eigenvalue weighted by molar-refractivity contribution is 7.15.